The Morgan fingerprint density at radius 1 is 1.32 bits per heavy atom. The Labute approximate surface area is 128 Å². The average Bonchev–Trinajstić information content (AvgIpc) is 2.55. The molecule has 0 spiro atoms. The molecule has 0 saturated carbocycles. The lowest BCUT2D eigenvalue weighted by atomic mass is 9.90. The molecule has 1 aromatic carbocycles. The molecular weight excluding hydrogens is 281 g/mol. The lowest BCUT2D eigenvalue weighted by Gasteiger charge is -2.23. The van der Waals surface area contributed by atoms with Crippen LogP contribution in [0.1, 0.15) is 29.9 Å². The van der Waals surface area contributed by atoms with Gasteiger partial charge in [-0.05, 0) is 54.3 Å². The number of hydrogen-bond acceptors (Lipinski definition) is 2. The van der Waals surface area contributed by atoms with Gasteiger partial charge in [0.2, 0.25) is 0 Å². The van der Waals surface area contributed by atoms with E-state index in [2.05, 4.69) is 10.9 Å². The molecule has 0 aliphatic carbocycles. The summed E-state index contributed by atoms with van der Waals surface area (Å²) in [6.45, 7) is 1.32. The smallest absolute Gasteiger partial charge is 0.264 e. The molecule has 0 amide bonds. The molecule has 1 N–H and O–H groups in total. The van der Waals surface area contributed by atoms with E-state index >= 15 is 0 Å². The third kappa shape index (κ3) is 2.81. The second-order valence-corrected chi connectivity index (χ2v) is 5.41. The van der Waals surface area contributed by atoms with Crippen LogP contribution in [-0.4, -0.2) is 18.2 Å². The van der Waals surface area contributed by atoms with E-state index in [4.69, 9.17) is 11.2 Å². The molecule has 1 aliphatic heterocycles. The first-order valence-electron chi connectivity index (χ1n) is 7.26. The molecule has 2 aromatic rings. The van der Waals surface area contributed by atoms with Gasteiger partial charge in [-0.2, -0.15) is 0 Å². The number of hydrogen-bond donors (Lipinski definition) is 1. The number of ether oxygens (including phenoxy) is 1. The minimum absolute atomic E-state index is 0.126. The summed E-state index contributed by atoms with van der Waals surface area (Å²) < 4.78 is 18.6. The average molecular weight is 297 g/mol. The van der Waals surface area contributed by atoms with Crippen molar-refractivity contribution in [2.45, 2.75) is 18.8 Å². The molecule has 3 rings (SSSR count). The van der Waals surface area contributed by atoms with Crippen LogP contribution >= 0.6 is 0 Å². The predicted molar refractivity (Wildman–Crippen MR) is 83.2 cm³/mol. The van der Waals surface area contributed by atoms with Gasteiger partial charge in [0.15, 0.2) is 0 Å². The Hall–Kier alpha value is -2.38. The number of H-pyrrole nitrogens is 1. The van der Waals surface area contributed by atoms with E-state index in [1.54, 1.807) is 12.1 Å². The van der Waals surface area contributed by atoms with Crippen molar-refractivity contribution < 1.29 is 9.13 Å². The van der Waals surface area contributed by atoms with Gasteiger partial charge < -0.3 is 9.72 Å². The quantitative estimate of drug-likeness (QED) is 0.866. The number of terminal acetylenes is 1. The maximum absolute atomic E-state index is 13.1. The molecule has 4 heteroatoms. The summed E-state index contributed by atoms with van der Waals surface area (Å²) in [5.41, 5.74) is 2.31. The molecule has 1 unspecified atom stereocenters. The number of rotatable bonds is 2. The van der Waals surface area contributed by atoms with Gasteiger partial charge >= 0.3 is 0 Å². The summed E-state index contributed by atoms with van der Waals surface area (Å²) >= 11 is 0. The molecule has 3 nitrogen and oxygen atoms in total. The van der Waals surface area contributed by atoms with Gasteiger partial charge in [-0.25, -0.2) is 4.39 Å². The van der Waals surface area contributed by atoms with Crippen LogP contribution in [0.3, 0.4) is 0 Å². The van der Waals surface area contributed by atoms with E-state index in [9.17, 15) is 9.18 Å². The van der Waals surface area contributed by atoms with E-state index < -0.39 is 0 Å². The highest BCUT2D eigenvalue weighted by molar-refractivity contribution is 5.61. The van der Waals surface area contributed by atoms with Crippen molar-refractivity contribution in [2.75, 3.05) is 13.2 Å². The van der Waals surface area contributed by atoms with Crippen LogP contribution in [-0.2, 0) is 4.74 Å². The van der Waals surface area contributed by atoms with Crippen LogP contribution in [0.2, 0.25) is 0 Å². The summed E-state index contributed by atoms with van der Waals surface area (Å²) in [5, 5.41) is 0. The molecule has 0 bridgehead atoms. The van der Waals surface area contributed by atoms with E-state index in [-0.39, 0.29) is 17.3 Å². The molecule has 1 aromatic heterocycles. The second-order valence-electron chi connectivity index (χ2n) is 5.41. The fourth-order valence-corrected chi connectivity index (χ4v) is 2.82. The topological polar surface area (TPSA) is 42.1 Å². The van der Waals surface area contributed by atoms with E-state index in [1.807, 2.05) is 6.07 Å². The van der Waals surface area contributed by atoms with Gasteiger partial charge in [0.1, 0.15) is 5.82 Å². The zero-order valence-corrected chi connectivity index (χ0v) is 12.1. The lowest BCUT2D eigenvalue weighted by Crippen LogP contribution is -2.21. The lowest BCUT2D eigenvalue weighted by molar-refractivity contribution is 0.0803. The fraction of sp³-hybridized carbons (Fsp3) is 0.278. The molecular formula is C18H16FNO2. The molecule has 22 heavy (non-hydrogen) atoms. The predicted octanol–water partition coefficient (Wildman–Crippen LogP) is 3.06. The minimum Gasteiger partial charge on any atom is -0.381 e. The van der Waals surface area contributed by atoms with Crippen molar-refractivity contribution in [3.8, 4) is 23.6 Å². The number of aromatic nitrogens is 1. The number of halogens is 1. The number of nitrogens with one attached hydrogen (secondary N) is 1. The molecule has 0 radical (unpaired) electrons. The van der Waals surface area contributed by atoms with Crippen LogP contribution < -0.4 is 5.56 Å². The molecule has 1 atom stereocenters. The molecule has 1 aliphatic rings. The summed E-state index contributed by atoms with van der Waals surface area (Å²) in [5.74, 6) is 2.30. The highest BCUT2D eigenvalue weighted by Gasteiger charge is 2.21. The number of aromatic amines is 1. The Bertz CT molecular complexity index is 765. The monoisotopic (exact) mass is 297 g/mol. The standard InChI is InChI=1S/C18H16FNO2/c1-2-15-16(13-4-3-9-22-11-13)10-17(20-18(15)21)12-5-7-14(19)8-6-12/h1,5-8,10,13H,3-4,9,11H2,(H,20,21). The maximum atomic E-state index is 13.1. The first kappa shape index (κ1) is 14.6. The van der Waals surface area contributed by atoms with E-state index in [1.165, 1.54) is 12.1 Å². The summed E-state index contributed by atoms with van der Waals surface area (Å²) in [4.78, 5) is 15.0. The zero-order chi connectivity index (χ0) is 15.5. The largest absolute Gasteiger partial charge is 0.381 e. The molecule has 112 valence electrons. The van der Waals surface area contributed by atoms with Gasteiger partial charge in [0, 0.05) is 18.2 Å². The zero-order valence-electron chi connectivity index (χ0n) is 12.1. The number of benzene rings is 1. The summed E-state index contributed by atoms with van der Waals surface area (Å²) in [6.07, 6.45) is 7.40. The van der Waals surface area contributed by atoms with Crippen molar-refractivity contribution in [1.82, 2.24) is 4.98 Å². The van der Waals surface area contributed by atoms with Gasteiger partial charge in [0.05, 0.1) is 12.2 Å². The Kier molecular flexibility index (Phi) is 4.08. The van der Waals surface area contributed by atoms with E-state index in [0.717, 1.165) is 30.6 Å². The van der Waals surface area contributed by atoms with Gasteiger partial charge in [0.25, 0.3) is 5.56 Å². The summed E-state index contributed by atoms with van der Waals surface area (Å²) in [7, 11) is 0. The van der Waals surface area contributed by atoms with Crippen LogP contribution in [0, 0.1) is 18.2 Å². The SMILES string of the molecule is C#Cc1c(C2CCCOC2)cc(-c2ccc(F)cc2)[nH]c1=O. The van der Waals surface area contributed by atoms with Gasteiger partial charge in [-0.3, -0.25) is 4.79 Å². The third-order valence-electron chi connectivity index (χ3n) is 3.96. The van der Waals surface area contributed by atoms with Crippen LogP contribution in [0.5, 0.6) is 0 Å². The van der Waals surface area contributed by atoms with Crippen LogP contribution in [0.25, 0.3) is 11.3 Å². The number of pyridine rings is 1. The van der Waals surface area contributed by atoms with Crippen molar-refractivity contribution in [2.24, 2.45) is 0 Å². The van der Waals surface area contributed by atoms with Crippen LogP contribution in [0.4, 0.5) is 4.39 Å². The van der Waals surface area contributed by atoms with Crippen molar-refractivity contribution in [1.29, 1.82) is 0 Å². The van der Waals surface area contributed by atoms with Crippen molar-refractivity contribution in [3.05, 3.63) is 57.6 Å². The Morgan fingerprint density at radius 2 is 2.09 bits per heavy atom. The Balaban J connectivity index is 2.09. The Morgan fingerprint density at radius 3 is 2.73 bits per heavy atom. The minimum atomic E-state index is -0.313. The summed E-state index contributed by atoms with van der Waals surface area (Å²) in [6, 6.07) is 7.90. The normalized spacial score (nSPS) is 17.9. The third-order valence-corrected chi connectivity index (χ3v) is 3.96. The van der Waals surface area contributed by atoms with Crippen molar-refractivity contribution >= 4 is 0 Å². The van der Waals surface area contributed by atoms with E-state index in [0.29, 0.717) is 17.9 Å². The molecule has 1 saturated heterocycles. The maximum Gasteiger partial charge on any atom is 0.264 e. The second kappa shape index (κ2) is 6.17. The van der Waals surface area contributed by atoms with Gasteiger partial charge in [-0.15, -0.1) is 6.42 Å². The highest BCUT2D eigenvalue weighted by atomic mass is 19.1. The van der Waals surface area contributed by atoms with Gasteiger partial charge in [-0.1, -0.05) is 5.92 Å². The van der Waals surface area contributed by atoms with Crippen molar-refractivity contribution in [3.63, 3.8) is 0 Å². The first-order valence-corrected chi connectivity index (χ1v) is 7.26. The van der Waals surface area contributed by atoms with Crippen LogP contribution in [0.15, 0.2) is 35.1 Å². The highest BCUT2D eigenvalue weighted by Crippen LogP contribution is 2.29. The first-order chi connectivity index (χ1) is 10.7. The molecule has 1 fully saturated rings. The molecule has 2 heterocycles. The fourth-order valence-electron chi connectivity index (χ4n) is 2.82.